The molecule has 2 heterocycles. The molecule has 0 saturated heterocycles. The summed E-state index contributed by atoms with van der Waals surface area (Å²) in [6, 6.07) is 37.7. The zero-order chi connectivity index (χ0) is 26.8. The minimum atomic E-state index is -2.34. The maximum absolute atomic E-state index is 6.90. The molecular formula is C34H29NP2S2. The van der Waals surface area contributed by atoms with E-state index in [1.807, 2.05) is 0 Å². The van der Waals surface area contributed by atoms with Crippen LogP contribution in [0.5, 0.6) is 0 Å². The number of anilines is 3. The molecule has 2 aliphatic rings. The van der Waals surface area contributed by atoms with E-state index < -0.39 is 12.1 Å². The minimum Gasteiger partial charge on any atom is -0.308 e. The Morgan fingerprint density at radius 1 is 0.513 bits per heavy atom. The first kappa shape index (κ1) is 25.2. The smallest absolute Gasteiger partial charge is 0.0643 e. The highest BCUT2D eigenvalue weighted by Gasteiger charge is 2.45. The third-order valence-electron chi connectivity index (χ3n) is 8.19. The highest BCUT2D eigenvalue weighted by atomic mass is 32.4. The molecule has 2 aliphatic heterocycles. The summed E-state index contributed by atoms with van der Waals surface area (Å²) in [7, 11) is 0. The fourth-order valence-corrected chi connectivity index (χ4v) is 14.8. The van der Waals surface area contributed by atoms with Gasteiger partial charge in [-0.15, -0.1) is 0 Å². The normalized spacial score (nSPS) is 20.6. The monoisotopic (exact) mass is 577 g/mol. The number of benzene rings is 5. The summed E-state index contributed by atoms with van der Waals surface area (Å²) in [5.41, 5.74) is 6.34. The van der Waals surface area contributed by atoms with Gasteiger partial charge >= 0.3 is 0 Å². The molecule has 0 radical (unpaired) electrons. The van der Waals surface area contributed by atoms with Crippen LogP contribution in [0, 0.1) is 0 Å². The van der Waals surface area contributed by atoms with Crippen molar-refractivity contribution < 1.29 is 0 Å². The molecule has 0 amide bonds. The van der Waals surface area contributed by atoms with Crippen LogP contribution in [-0.2, 0) is 36.5 Å². The number of hydrogen-bond donors (Lipinski definition) is 0. The third-order valence-corrected chi connectivity index (χ3v) is 18.1. The summed E-state index contributed by atoms with van der Waals surface area (Å²) in [5.74, 6) is 0. The molecule has 5 aromatic rings. The predicted octanol–water partition coefficient (Wildman–Crippen LogP) is 6.42. The van der Waals surface area contributed by atoms with Crippen LogP contribution >= 0.6 is 12.1 Å². The zero-order valence-electron chi connectivity index (χ0n) is 22.0. The fraction of sp³-hybridized carbons (Fsp3) is 0.118. The molecule has 5 heteroatoms. The standard InChI is InChI=1S/C34H29NP2S2/c1-3-24-18-20-30-28(22-24)35-29-23-25(4-2)19-21-31(29)37(39,27-14-9-6-10-15-27)33-17-11-16-32(34(33)35)36(30,38)26-12-7-5-8-13-26/h5-23H,3-4H2,1-2H3. The van der Waals surface area contributed by atoms with Crippen molar-refractivity contribution in [2.75, 3.05) is 4.90 Å². The Hall–Kier alpha value is -2.80. The molecule has 1 nitrogen and oxygen atoms in total. The van der Waals surface area contributed by atoms with Gasteiger partial charge in [-0.05, 0) is 46.7 Å². The van der Waals surface area contributed by atoms with Gasteiger partial charge in [0.05, 0.1) is 17.1 Å². The first-order valence-electron chi connectivity index (χ1n) is 13.5. The molecule has 0 spiro atoms. The lowest BCUT2D eigenvalue weighted by Gasteiger charge is -2.47. The number of nitrogens with zero attached hydrogens (tertiary/aromatic N) is 1. The number of rotatable bonds is 4. The van der Waals surface area contributed by atoms with Gasteiger partial charge in [0, 0.05) is 33.3 Å². The van der Waals surface area contributed by atoms with Crippen LogP contribution in [0.3, 0.4) is 0 Å². The van der Waals surface area contributed by atoms with E-state index in [-0.39, 0.29) is 0 Å². The van der Waals surface area contributed by atoms with E-state index in [0.29, 0.717) is 0 Å². The molecule has 0 saturated carbocycles. The van der Waals surface area contributed by atoms with Crippen molar-refractivity contribution in [3.63, 3.8) is 0 Å². The summed E-state index contributed by atoms with van der Waals surface area (Å²) in [5, 5.41) is 7.53. The molecule has 0 N–H and O–H groups in total. The van der Waals surface area contributed by atoms with Gasteiger partial charge < -0.3 is 4.90 Å². The molecule has 192 valence electrons. The lowest BCUT2D eigenvalue weighted by molar-refractivity contribution is 1.13. The van der Waals surface area contributed by atoms with E-state index in [2.05, 4.69) is 134 Å². The number of para-hydroxylation sites is 1. The third kappa shape index (κ3) is 3.51. The van der Waals surface area contributed by atoms with Gasteiger partial charge in [-0.3, -0.25) is 0 Å². The van der Waals surface area contributed by atoms with Gasteiger partial charge in [0.1, 0.15) is 0 Å². The largest absolute Gasteiger partial charge is 0.308 e. The Morgan fingerprint density at radius 3 is 1.36 bits per heavy atom. The fourth-order valence-electron chi connectivity index (χ4n) is 6.19. The summed E-state index contributed by atoms with van der Waals surface area (Å²) in [6.45, 7) is 4.46. The Labute approximate surface area is 241 Å². The summed E-state index contributed by atoms with van der Waals surface area (Å²) in [4.78, 5) is 2.52. The van der Waals surface area contributed by atoms with Crippen LogP contribution in [0.15, 0.2) is 115 Å². The van der Waals surface area contributed by atoms with E-state index in [4.69, 9.17) is 23.6 Å². The Bertz CT molecular complexity index is 1720. The van der Waals surface area contributed by atoms with E-state index in [0.717, 1.165) is 12.8 Å². The van der Waals surface area contributed by atoms with Crippen molar-refractivity contribution in [3.05, 3.63) is 126 Å². The van der Waals surface area contributed by atoms with Gasteiger partial charge in [0.15, 0.2) is 0 Å². The second kappa shape index (κ2) is 9.39. The predicted molar refractivity (Wildman–Crippen MR) is 179 cm³/mol. The Morgan fingerprint density at radius 2 is 0.949 bits per heavy atom. The first-order chi connectivity index (χ1) is 19.0. The molecule has 2 unspecified atom stereocenters. The maximum Gasteiger partial charge on any atom is 0.0643 e. The molecule has 2 atom stereocenters. The lowest BCUT2D eigenvalue weighted by atomic mass is 10.1. The average molecular weight is 578 g/mol. The molecule has 0 fully saturated rings. The first-order valence-corrected chi connectivity index (χ1v) is 19.1. The Balaban J connectivity index is 1.67. The Kier molecular flexibility index (Phi) is 6.07. The summed E-state index contributed by atoms with van der Waals surface area (Å²) < 4.78 is 0. The maximum atomic E-state index is 6.90. The van der Waals surface area contributed by atoms with Gasteiger partial charge in [0.25, 0.3) is 0 Å². The van der Waals surface area contributed by atoms with Crippen molar-refractivity contribution in [1.82, 2.24) is 0 Å². The summed E-state index contributed by atoms with van der Waals surface area (Å²) >= 11 is 13.8. The topological polar surface area (TPSA) is 3.24 Å². The van der Waals surface area contributed by atoms with Crippen molar-refractivity contribution in [2.24, 2.45) is 0 Å². The molecule has 7 rings (SSSR count). The van der Waals surface area contributed by atoms with Crippen molar-refractivity contribution in [2.45, 2.75) is 26.7 Å². The number of hydrogen-bond acceptors (Lipinski definition) is 3. The molecule has 0 aromatic heterocycles. The van der Waals surface area contributed by atoms with Crippen LogP contribution in [0.1, 0.15) is 25.0 Å². The van der Waals surface area contributed by atoms with E-state index in [1.165, 1.54) is 60.0 Å². The highest BCUT2D eigenvalue weighted by Crippen LogP contribution is 2.60. The van der Waals surface area contributed by atoms with E-state index in [1.54, 1.807) is 0 Å². The average Bonchev–Trinajstić information content (AvgIpc) is 3.01. The second-order valence-corrected chi connectivity index (χ2v) is 18.9. The molecule has 0 bridgehead atoms. The van der Waals surface area contributed by atoms with Gasteiger partial charge in [-0.1, -0.05) is 141 Å². The molecule has 39 heavy (non-hydrogen) atoms. The second-order valence-electron chi connectivity index (χ2n) is 10.2. The lowest BCUT2D eigenvalue weighted by Crippen LogP contribution is -2.45. The summed E-state index contributed by atoms with van der Waals surface area (Å²) in [6.07, 6.45) is 1.96. The van der Waals surface area contributed by atoms with Crippen LogP contribution in [0.2, 0.25) is 0 Å². The van der Waals surface area contributed by atoms with Gasteiger partial charge in [0.2, 0.25) is 0 Å². The van der Waals surface area contributed by atoms with E-state index >= 15 is 0 Å². The molecule has 0 aliphatic carbocycles. The van der Waals surface area contributed by atoms with Crippen LogP contribution in [-0.4, -0.2) is 0 Å². The van der Waals surface area contributed by atoms with Crippen LogP contribution in [0.4, 0.5) is 17.1 Å². The SMILES string of the molecule is CCc1ccc2c(c1)N1c3cc(CC)ccc3P(=S)(c3ccccc3)c3cccc(c31)P2(=S)c1ccccc1. The van der Waals surface area contributed by atoms with Crippen molar-refractivity contribution >= 4 is 84.6 Å². The number of fused-ring (bicyclic) bond motifs is 4. The van der Waals surface area contributed by atoms with Gasteiger partial charge in [-0.25, -0.2) is 0 Å². The van der Waals surface area contributed by atoms with Crippen LogP contribution < -0.4 is 36.7 Å². The van der Waals surface area contributed by atoms with Gasteiger partial charge in [-0.2, -0.15) is 0 Å². The quantitative estimate of drug-likeness (QED) is 0.222. The minimum absolute atomic E-state index is 0.980. The molecular weight excluding hydrogens is 548 g/mol. The zero-order valence-corrected chi connectivity index (χ0v) is 25.5. The van der Waals surface area contributed by atoms with E-state index in [9.17, 15) is 0 Å². The van der Waals surface area contributed by atoms with Crippen molar-refractivity contribution in [3.8, 4) is 0 Å². The highest BCUT2D eigenvalue weighted by molar-refractivity contribution is 8.27. The number of aryl methyl sites for hydroxylation is 2. The molecule has 5 aromatic carbocycles. The van der Waals surface area contributed by atoms with Crippen molar-refractivity contribution in [1.29, 1.82) is 0 Å². The van der Waals surface area contributed by atoms with Crippen LogP contribution in [0.25, 0.3) is 0 Å².